The Morgan fingerprint density at radius 2 is 1.48 bits per heavy atom. The van der Waals surface area contributed by atoms with Gasteiger partial charge in [0.1, 0.15) is 30.5 Å². The lowest BCUT2D eigenvalue weighted by atomic mass is 9.91. The maximum absolute atomic E-state index is 12.5. The summed E-state index contributed by atoms with van der Waals surface area (Å²) < 4.78 is 5.48. The van der Waals surface area contributed by atoms with Gasteiger partial charge in [-0.15, -0.1) is 0 Å². The largest absolute Gasteiger partial charge is 0.394 e. The molecule has 1 fully saturated rings. The van der Waals surface area contributed by atoms with E-state index in [1.54, 1.807) is 12.1 Å². The summed E-state index contributed by atoms with van der Waals surface area (Å²) in [7, 11) is 0. The molecule has 10 nitrogen and oxygen atoms in total. The van der Waals surface area contributed by atoms with E-state index in [1.165, 1.54) is 36.4 Å². The second kappa shape index (κ2) is 8.17. The molecule has 0 spiro atoms. The standard InChI is InChI=1S/C21H20N2O8/c24-9-14-15(25)16(26)17(27)18(31-14)10-5-7-11(8-6-10)19(28)22-23-20(29)12-3-1-2-4-13(12)21(23)30/h1-8,14-18,24-27H,9H2,(H,22,28)/t14-,15-,16+,17-,18?/m1/s1. The minimum atomic E-state index is -1.52. The summed E-state index contributed by atoms with van der Waals surface area (Å²) in [6, 6.07) is 11.9. The van der Waals surface area contributed by atoms with Crippen molar-refractivity contribution in [1.29, 1.82) is 0 Å². The van der Waals surface area contributed by atoms with Crippen molar-refractivity contribution < 1.29 is 39.5 Å². The first kappa shape index (κ1) is 21.1. The van der Waals surface area contributed by atoms with Crippen molar-refractivity contribution in [2.24, 2.45) is 0 Å². The van der Waals surface area contributed by atoms with Crippen LogP contribution in [0.15, 0.2) is 48.5 Å². The third-order valence-corrected chi connectivity index (χ3v) is 5.40. The highest BCUT2D eigenvalue weighted by Gasteiger charge is 2.44. The van der Waals surface area contributed by atoms with Gasteiger partial charge in [0.25, 0.3) is 17.7 Å². The van der Waals surface area contributed by atoms with Gasteiger partial charge in [0.2, 0.25) is 0 Å². The number of hydrogen-bond donors (Lipinski definition) is 5. The maximum atomic E-state index is 12.5. The normalized spacial score (nSPS) is 27.9. The van der Waals surface area contributed by atoms with Crippen molar-refractivity contribution in [3.63, 3.8) is 0 Å². The van der Waals surface area contributed by atoms with Crippen LogP contribution in [0.5, 0.6) is 0 Å². The van der Waals surface area contributed by atoms with Gasteiger partial charge in [-0.05, 0) is 29.8 Å². The number of nitrogens with zero attached hydrogens (tertiary/aromatic N) is 1. The van der Waals surface area contributed by atoms with Crippen LogP contribution in [0.3, 0.4) is 0 Å². The summed E-state index contributed by atoms with van der Waals surface area (Å²) in [6.45, 7) is -0.553. The second-order valence-corrected chi connectivity index (χ2v) is 7.30. The van der Waals surface area contributed by atoms with Crippen LogP contribution in [0, 0.1) is 0 Å². The van der Waals surface area contributed by atoms with Gasteiger partial charge in [0, 0.05) is 5.56 Å². The zero-order chi connectivity index (χ0) is 22.3. The van der Waals surface area contributed by atoms with Gasteiger partial charge in [-0.1, -0.05) is 24.3 Å². The first-order valence-corrected chi connectivity index (χ1v) is 9.52. The van der Waals surface area contributed by atoms with Crippen LogP contribution in [0.2, 0.25) is 0 Å². The van der Waals surface area contributed by atoms with Crippen LogP contribution < -0.4 is 5.43 Å². The fourth-order valence-electron chi connectivity index (χ4n) is 3.66. The number of amides is 3. The van der Waals surface area contributed by atoms with E-state index in [4.69, 9.17) is 4.74 Å². The molecule has 1 unspecified atom stereocenters. The van der Waals surface area contributed by atoms with Crippen LogP contribution in [0.4, 0.5) is 0 Å². The summed E-state index contributed by atoms with van der Waals surface area (Å²) in [5.74, 6) is -1.96. The number of hydrazine groups is 1. The first-order chi connectivity index (χ1) is 14.8. The SMILES string of the molecule is O=C(NN1C(=O)c2ccccc2C1=O)c1ccc(C2O[C@H](CO)[C@@H](O)[C@H](O)[C@H]2O)cc1. The molecular weight excluding hydrogens is 408 g/mol. The minimum absolute atomic E-state index is 0.130. The zero-order valence-corrected chi connectivity index (χ0v) is 16.1. The molecule has 4 rings (SSSR count). The molecule has 3 amide bonds. The van der Waals surface area contributed by atoms with E-state index in [-0.39, 0.29) is 16.7 Å². The number of hydrogen-bond acceptors (Lipinski definition) is 8. The molecule has 2 aromatic carbocycles. The Bertz CT molecular complexity index is 987. The first-order valence-electron chi connectivity index (χ1n) is 9.52. The zero-order valence-electron chi connectivity index (χ0n) is 16.1. The van der Waals surface area contributed by atoms with E-state index in [9.17, 15) is 34.8 Å². The fraction of sp³-hybridized carbons (Fsp3) is 0.286. The van der Waals surface area contributed by atoms with Crippen molar-refractivity contribution in [1.82, 2.24) is 10.4 Å². The average Bonchev–Trinajstić information content (AvgIpc) is 3.03. The molecule has 0 radical (unpaired) electrons. The molecule has 2 heterocycles. The Morgan fingerprint density at radius 1 is 0.903 bits per heavy atom. The number of aliphatic hydroxyl groups is 4. The Hall–Kier alpha value is -3.15. The van der Waals surface area contributed by atoms with Gasteiger partial charge in [-0.2, -0.15) is 5.01 Å². The molecule has 2 aliphatic rings. The summed E-state index contributed by atoms with van der Waals surface area (Å²) in [6.07, 6.45) is -6.53. The van der Waals surface area contributed by atoms with Gasteiger partial charge in [-0.25, -0.2) is 0 Å². The highest BCUT2D eigenvalue weighted by Crippen LogP contribution is 2.32. The number of benzene rings is 2. The molecule has 0 aromatic heterocycles. The maximum Gasteiger partial charge on any atom is 0.280 e. The smallest absolute Gasteiger partial charge is 0.280 e. The third kappa shape index (κ3) is 3.60. The summed E-state index contributed by atoms with van der Waals surface area (Å²) >= 11 is 0. The van der Waals surface area contributed by atoms with Crippen molar-refractivity contribution in [3.8, 4) is 0 Å². The minimum Gasteiger partial charge on any atom is -0.394 e. The highest BCUT2D eigenvalue weighted by molar-refractivity contribution is 6.22. The predicted molar refractivity (Wildman–Crippen MR) is 104 cm³/mol. The number of carbonyl (C=O) groups excluding carboxylic acids is 3. The molecular formula is C21H20N2O8. The molecule has 5 atom stereocenters. The van der Waals surface area contributed by atoms with Crippen molar-refractivity contribution in [2.75, 3.05) is 6.61 Å². The fourth-order valence-corrected chi connectivity index (χ4v) is 3.66. The van der Waals surface area contributed by atoms with Crippen molar-refractivity contribution in [2.45, 2.75) is 30.5 Å². The van der Waals surface area contributed by atoms with Gasteiger partial charge in [-0.3, -0.25) is 19.8 Å². The predicted octanol–water partition coefficient (Wildman–Crippen LogP) is -0.858. The van der Waals surface area contributed by atoms with Crippen molar-refractivity contribution in [3.05, 3.63) is 70.8 Å². The van der Waals surface area contributed by atoms with Gasteiger partial charge >= 0.3 is 0 Å². The summed E-state index contributed by atoms with van der Waals surface area (Å²) in [4.78, 5) is 37.3. The third-order valence-electron chi connectivity index (χ3n) is 5.40. The van der Waals surface area contributed by atoms with Crippen LogP contribution >= 0.6 is 0 Å². The lowest BCUT2D eigenvalue weighted by Crippen LogP contribution is -2.55. The Kier molecular flexibility index (Phi) is 5.56. The molecule has 0 saturated carbocycles. The number of fused-ring (bicyclic) bond motifs is 1. The van der Waals surface area contributed by atoms with E-state index in [0.717, 1.165) is 0 Å². The van der Waals surface area contributed by atoms with Crippen LogP contribution in [0.1, 0.15) is 42.7 Å². The molecule has 0 bridgehead atoms. The quantitative estimate of drug-likeness (QED) is 0.394. The number of rotatable bonds is 4. The second-order valence-electron chi connectivity index (χ2n) is 7.30. The Labute approximate surface area is 176 Å². The lowest BCUT2D eigenvalue weighted by molar-refractivity contribution is -0.231. The molecule has 0 aliphatic carbocycles. The van der Waals surface area contributed by atoms with Crippen LogP contribution in [-0.2, 0) is 4.74 Å². The number of aliphatic hydroxyl groups excluding tert-OH is 4. The number of nitrogens with one attached hydrogen (secondary N) is 1. The Balaban J connectivity index is 1.48. The average molecular weight is 428 g/mol. The topological polar surface area (TPSA) is 157 Å². The molecule has 162 valence electrons. The van der Waals surface area contributed by atoms with Gasteiger partial charge < -0.3 is 25.2 Å². The van der Waals surface area contributed by atoms with Gasteiger partial charge in [0.15, 0.2) is 0 Å². The molecule has 1 saturated heterocycles. The van der Waals surface area contributed by atoms with Crippen LogP contribution in [-0.4, -0.2) is 74.2 Å². The number of carbonyl (C=O) groups is 3. The van der Waals surface area contributed by atoms with Crippen LogP contribution in [0.25, 0.3) is 0 Å². The van der Waals surface area contributed by atoms with E-state index < -0.39 is 54.8 Å². The molecule has 2 aliphatic heterocycles. The van der Waals surface area contributed by atoms with E-state index in [2.05, 4.69) is 5.43 Å². The highest BCUT2D eigenvalue weighted by atomic mass is 16.5. The lowest BCUT2D eigenvalue weighted by Gasteiger charge is -2.40. The number of ether oxygens (including phenoxy) is 1. The van der Waals surface area contributed by atoms with Crippen molar-refractivity contribution >= 4 is 17.7 Å². The summed E-state index contributed by atoms with van der Waals surface area (Å²) in [5, 5.41) is 40.0. The molecule has 5 N–H and O–H groups in total. The summed E-state index contributed by atoms with van der Waals surface area (Å²) in [5.41, 5.74) is 3.21. The molecule has 2 aromatic rings. The molecule has 10 heteroatoms. The Morgan fingerprint density at radius 3 is 2.03 bits per heavy atom. The van der Waals surface area contributed by atoms with E-state index in [1.807, 2.05) is 0 Å². The monoisotopic (exact) mass is 428 g/mol. The van der Waals surface area contributed by atoms with E-state index >= 15 is 0 Å². The van der Waals surface area contributed by atoms with E-state index in [0.29, 0.717) is 10.6 Å². The van der Waals surface area contributed by atoms with Gasteiger partial charge in [0.05, 0.1) is 17.7 Å². The number of imide groups is 1. The molecule has 31 heavy (non-hydrogen) atoms.